The van der Waals surface area contributed by atoms with Crippen molar-refractivity contribution >= 4 is 40.3 Å². The predicted molar refractivity (Wildman–Crippen MR) is 135 cm³/mol. The molecule has 0 saturated carbocycles. The maximum absolute atomic E-state index is 13.6. The van der Waals surface area contributed by atoms with E-state index >= 15 is 0 Å². The first kappa shape index (κ1) is 23.9. The number of hydrogen-bond donors (Lipinski definition) is 0. The highest BCUT2D eigenvalue weighted by molar-refractivity contribution is 6.38. The van der Waals surface area contributed by atoms with E-state index in [1.807, 2.05) is 0 Å². The van der Waals surface area contributed by atoms with Crippen LogP contribution in [0.2, 0.25) is 0 Å². The summed E-state index contributed by atoms with van der Waals surface area (Å²) in [7, 11) is 0. The van der Waals surface area contributed by atoms with E-state index < -0.39 is 29.9 Å². The van der Waals surface area contributed by atoms with E-state index in [1.165, 1.54) is 12.1 Å². The summed E-state index contributed by atoms with van der Waals surface area (Å²) in [5, 5.41) is 0.551. The largest absolute Gasteiger partial charge is 0.463 e. The number of para-hydroxylation sites is 2. The van der Waals surface area contributed by atoms with Gasteiger partial charge in [0.05, 0.1) is 40.2 Å². The van der Waals surface area contributed by atoms with Crippen molar-refractivity contribution in [1.29, 1.82) is 0 Å². The molecule has 1 atom stereocenters. The van der Waals surface area contributed by atoms with E-state index in [-0.39, 0.29) is 29.0 Å². The van der Waals surface area contributed by atoms with Crippen LogP contribution in [0.4, 0.5) is 5.69 Å². The SMILES string of the molecule is CCOC(=O)C(OC(=O)c1ccccc1N1C(=O)c2c(C)nc3ccccc3c2C1=O)c1ccccc1. The highest BCUT2D eigenvalue weighted by atomic mass is 16.6. The van der Waals surface area contributed by atoms with Gasteiger partial charge in [-0.15, -0.1) is 0 Å². The zero-order valence-electron chi connectivity index (χ0n) is 20.1. The zero-order valence-corrected chi connectivity index (χ0v) is 20.1. The predicted octanol–water partition coefficient (Wildman–Crippen LogP) is 4.81. The van der Waals surface area contributed by atoms with Gasteiger partial charge in [-0.05, 0) is 32.0 Å². The molecule has 0 spiro atoms. The first-order valence-corrected chi connectivity index (χ1v) is 11.7. The lowest BCUT2D eigenvalue weighted by Crippen LogP contribution is -2.31. The number of carbonyl (C=O) groups is 4. The molecule has 1 aliphatic heterocycles. The van der Waals surface area contributed by atoms with Crippen LogP contribution in [0.3, 0.4) is 0 Å². The van der Waals surface area contributed by atoms with Crippen molar-refractivity contribution in [3.05, 3.63) is 107 Å². The smallest absolute Gasteiger partial charge is 0.352 e. The van der Waals surface area contributed by atoms with E-state index in [0.29, 0.717) is 22.2 Å². The number of imide groups is 1. The van der Waals surface area contributed by atoms with Gasteiger partial charge in [-0.2, -0.15) is 0 Å². The fourth-order valence-electron chi connectivity index (χ4n) is 4.46. The van der Waals surface area contributed by atoms with Gasteiger partial charge in [-0.3, -0.25) is 14.6 Å². The van der Waals surface area contributed by atoms with Crippen molar-refractivity contribution < 1.29 is 28.7 Å². The molecule has 3 aromatic carbocycles. The van der Waals surface area contributed by atoms with Crippen molar-refractivity contribution in [3.8, 4) is 0 Å². The molecule has 0 saturated heterocycles. The Bertz CT molecular complexity index is 1560. The van der Waals surface area contributed by atoms with E-state index in [4.69, 9.17) is 9.47 Å². The number of fused-ring (bicyclic) bond motifs is 3. The summed E-state index contributed by atoms with van der Waals surface area (Å²) in [6.45, 7) is 3.43. The van der Waals surface area contributed by atoms with Crippen molar-refractivity contribution in [2.24, 2.45) is 0 Å². The number of rotatable bonds is 6. The van der Waals surface area contributed by atoms with Crippen molar-refractivity contribution in [2.75, 3.05) is 11.5 Å². The van der Waals surface area contributed by atoms with Crippen molar-refractivity contribution in [1.82, 2.24) is 4.98 Å². The quantitative estimate of drug-likeness (QED) is 0.280. The first-order chi connectivity index (χ1) is 17.9. The Labute approximate surface area is 212 Å². The highest BCUT2D eigenvalue weighted by Gasteiger charge is 2.42. The molecule has 184 valence electrons. The third kappa shape index (κ3) is 4.12. The third-order valence-electron chi connectivity index (χ3n) is 6.10. The van der Waals surface area contributed by atoms with Gasteiger partial charge in [0.15, 0.2) is 0 Å². The van der Waals surface area contributed by atoms with Crippen LogP contribution >= 0.6 is 0 Å². The number of ether oxygens (including phenoxy) is 2. The Morgan fingerprint density at radius 3 is 2.27 bits per heavy atom. The third-order valence-corrected chi connectivity index (χ3v) is 6.10. The fourth-order valence-corrected chi connectivity index (χ4v) is 4.46. The number of aromatic nitrogens is 1. The molecule has 2 amide bonds. The molecule has 5 rings (SSSR count). The molecule has 0 bridgehead atoms. The van der Waals surface area contributed by atoms with Gasteiger partial charge in [0.2, 0.25) is 6.10 Å². The molecule has 1 aromatic heterocycles. The molecule has 8 heteroatoms. The van der Waals surface area contributed by atoms with Crippen LogP contribution in [0.15, 0.2) is 78.9 Å². The molecule has 37 heavy (non-hydrogen) atoms. The van der Waals surface area contributed by atoms with Crippen LogP contribution in [0.1, 0.15) is 55.4 Å². The lowest BCUT2D eigenvalue weighted by molar-refractivity contribution is -0.153. The van der Waals surface area contributed by atoms with Crippen LogP contribution in [0, 0.1) is 6.92 Å². The molecular formula is C29H22N2O6. The second-order valence-electron chi connectivity index (χ2n) is 8.38. The summed E-state index contributed by atoms with van der Waals surface area (Å²) in [6.07, 6.45) is -1.32. The Balaban J connectivity index is 1.55. The van der Waals surface area contributed by atoms with Crippen LogP contribution in [0.25, 0.3) is 10.9 Å². The molecular weight excluding hydrogens is 472 g/mol. The zero-order chi connectivity index (χ0) is 26.1. The lowest BCUT2D eigenvalue weighted by Gasteiger charge is -2.20. The van der Waals surface area contributed by atoms with E-state index in [0.717, 1.165) is 4.90 Å². The average Bonchev–Trinajstić information content (AvgIpc) is 3.18. The second-order valence-corrected chi connectivity index (χ2v) is 8.38. The van der Waals surface area contributed by atoms with Crippen LogP contribution in [0.5, 0.6) is 0 Å². The summed E-state index contributed by atoms with van der Waals surface area (Å²) in [6, 6.07) is 21.7. The van der Waals surface area contributed by atoms with Crippen LogP contribution < -0.4 is 4.90 Å². The summed E-state index contributed by atoms with van der Waals surface area (Å²) in [4.78, 5) is 58.6. The van der Waals surface area contributed by atoms with Gasteiger partial charge in [-0.1, -0.05) is 60.7 Å². The summed E-state index contributed by atoms with van der Waals surface area (Å²) < 4.78 is 10.7. The van der Waals surface area contributed by atoms with Gasteiger partial charge in [-0.25, -0.2) is 14.5 Å². The highest BCUT2D eigenvalue weighted by Crippen LogP contribution is 2.36. The van der Waals surface area contributed by atoms with Gasteiger partial charge in [0.25, 0.3) is 11.8 Å². The Morgan fingerprint density at radius 2 is 1.51 bits per heavy atom. The number of carbonyl (C=O) groups excluding carboxylic acids is 4. The molecule has 1 aliphatic rings. The number of pyridine rings is 1. The molecule has 1 unspecified atom stereocenters. The minimum Gasteiger partial charge on any atom is -0.463 e. The number of amides is 2. The Hall–Kier alpha value is -4.85. The van der Waals surface area contributed by atoms with E-state index in [2.05, 4.69) is 4.98 Å². The number of benzene rings is 3. The number of esters is 2. The number of hydrogen-bond acceptors (Lipinski definition) is 7. The number of aryl methyl sites for hydroxylation is 1. The molecule has 0 N–H and O–H groups in total. The average molecular weight is 495 g/mol. The lowest BCUT2D eigenvalue weighted by atomic mass is 10.0. The monoisotopic (exact) mass is 494 g/mol. The van der Waals surface area contributed by atoms with Gasteiger partial charge >= 0.3 is 11.9 Å². The Kier molecular flexibility index (Phi) is 6.23. The van der Waals surface area contributed by atoms with Gasteiger partial charge < -0.3 is 9.47 Å². The van der Waals surface area contributed by atoms with Crippen molar-refractivity contribution in [3.63, 3.8) is 0 Å². The van der Waals surface area contributed by atoms with Crippen LogP contribution in [-0.4, -0.2) is 35.3 Å². The number of anilines is 1. The minimum atomic E-state index is -1.32. The molecule has 0 radical (unpaired) electrons. The molecule has 8 nitrogen and oxygen atoms in total. The molecule has 0 aliphatic carbocycles. The number of nitrogens with zero attached hydrogens (tertiary/aromatic N) is 2. The first-order valence-electron chi connectivity index (χ1n) is 11.7. The normalized spacial score (nSPS) is 13.4. The fraction of sp³-hybridized carbons (Fsp3) is 0.138. The van der Waals surface area contributed by atoms with Crippen molar-refractivity contribution in [2.45, 2.75) is 20.0 Å². The molecule has 4 aromatic rings. The Morgan fingerprint density at radius 1 is 0.865 bits per heavy atom. The molecule has 0 fully saturated rings. The summed E-state index contributed by atoms with van der Waals surface area (Å²) >= 11 is 0. The standard InChI is InChI=1S/C29H22N2O6/c1-3-36-29(35)25(18-11-5-4-6-12-18)37-28(34)20-14-8-10-16-22(20)31-26(32)23-17(2)30-21-15-9-7-13-19(21)24(23)27(31)33/h4-16,25H,3H2,1-2H3. The topological polar surface area (TPSA) is 103 Å². The molecule has 2 heterocycles. The van der Waals surface area contributed by atoms with Gasteiger partial charge in [0.1, 0.15) is 0 Å². The maximum atomic E-state index is 13.6. The maximum Gasteiger partial charge on any atom is 0.352 e. The summed E-state index contributed by atoms with van der Waals surface area (Å²) in [5.41, 5.74) is 1.89. The van der Waals surface area contributed by atoms with Gasteiger partial charge in [0, 0.05) is 10.9 Å². The second kappa shape index (κ2) is 9.66. The van der Waals surface area contributed by atoms with Crippen LogP contribution in [-0.2, 0) is 14.3 Å². The van der Waals surface area contributed by atoms with E-state index in [9.17, 15) is 19.2 Å². The van der Waals surface area contributed by atoms with E-state index in [1.54, 1.807) is 80.6 Å². The minimum absolute atomic E-state index is 0.0443. The summed E-state index contributed by atoms with van der Waals surface area (Å²) in [5.74, 6) is -2.75.